The minimum absolute atomic E-state index is 0.104. The fourth-order valence-corrected chi connectivity index (χ4v) is 4.45. The van der Waals surface area contributed by atoms with Gasteiger partial charge in [0.2, 0.25) is 5.91 Å². The highest BCUT2D eigenvalue weighted by atomic mass is 35.5. The first-order valence-corrected chi connectivity index (χ1v) is 12.0. The Morgan fingerprint density at radius 1 is 1.16 bits per heavy atom. The second-order valence-corrected chi connectivity index (χ2v) is 9.09. The van der Waals surface area contributed by atoms with Gasteiger partial charge in [-0.1, -0.05) is 53.7 Å². The second kappa shape index (κ2) is 11.5. The van der Waals surface area contributed by atoms with Gasteiger partial charge in [-0.2, -0.15) is 0 Å². The molecule has 0 aliphatic rings. The fraction of sp³-hybridized carbons (Fsp3) is 0.375. The van der Waals surface area contributed by atoms with Crippen molar-refractivity contribution >= 4 is 40.2 Å². The molecule has 2 aromatic carbocycles. The fourth-order valence-electron chi connectivity index (χ4n) is 3.31. The van der Waals surface area contributed by atoms with Gasteiger partial charge in [0.15, 0.2) is 5.16 Å². The summed E-state index contributed by atoms with van der Waals surface area (Å²) in [5.41, 5.74) is 1.38. The number of carbonyl (C=O) groups excluding carboxylic acids is 1. The lowest BCUT2D eigenvalue weighted by Gasteiger charge is -2.16. The molecule has 8 heteroatoms. The number of carbonyl (C=O) groups is 1. The molecule has 0 bridgehead atoms. The minimum atomic E-state index is -0.225. The average molecular weight is 474 g/mol. The van der Waals surface area contributed by atoms with Crippen LogP contribution in [0.4, 0.5) is 0 Å². The SMILES string of the molecule is CC(C)OCCCn1c(SCC(=O)NC(C)c2ccccc2Cl)nc2ccccc2c1=O. The Bertz CT molecular complexity index is 1130. The molecule has 3 aromatic rings. The van der Waals surface area contributed by atoms with E-state index >= 15 is 0 Å². The molecule has 0 spiro atoms. The molecule has 0 fully saturated rings. The zero-order chi connectivity index (χ0) is 23.1. The number of nitrogens with one attached hydrogen (secondary N) is 1. The molecule has 0 radical (unpaired) electrons. The Kier molecular flexibility index (Phi) is 8.73. The van der Waals surface area contributed by atoms with E-state index in [-0.39, 0.29) is 29.4 Å². The van der Waals surface area contributed by atoms with Gasteiger partial charge >= 0.3 is 0 Å². The molecule has 6 nitrogen and oxygen atoms in total. The standard InChI is InChI=1S/C24H28ClN3O3S/c1-16(2)31-14-8-13-28-23(30)19-10-5-7-12-21(19)27-24(28)32-15-22(29)26-17(3)18-9-4-6-11-20(18)25/h4-7,9-12,16-17H,8,13-15H2,1-3H3,(H,26,29). The van der Waals surface area contributed by atoms with Crippen molar-refractivity contribution in [2.24, 2.45) is 0 Å². The van der Waals surface area contributed by atoms with E-state index in [2.05, 4.69) is 10.3 Å². The molecule has 1 N–H and O–H groups in total. The third-order valence-electron chi connectivity index (χ3n) is 4.89. The summed E-state index contributed by atoms with van der Waals surface area (Å²) in [6, 6.07) is 14.5. The van der Waals surface area contributed by atoms with E-state index in [1.165, 1.54) is 11.8 Å². The maximum atomic E-state index is 13.1. The summed E-state index contributed by atoms with van der Waals surface area (Å²) in [7, 11) is 0. The van der Waals surface area contributed by atoms with Gasteiger partial charge in [0.05, 0.1) is 28.8 Å². The lowest BCUT2D eigenvalue weighted by molar-refractivity contribution is -0.119. The number of rotatable bonds is 10. The first-order valence-electron chi connectivity index (χ1n) is 10.6. The molecule has 3 rings (SSSR count). The number of nitrogens with zero attached hydrogens (tertiary/aromatic N) is 2. The van der Waals surface area contributed by atoms with Crippen LogP contribution in [0.1, 0.15) is 38.8 Å². The third-order valence-corrected chi connectivity index (χ3v) is 6.21. The van der Waals surface area contributed by atoms with Crippen LogP contribution in [0.3, 0.4) is 0 Å². The van der Waals surface area contributed by atoms with E-state index in [9.17, 15) is 9.59 Å². The second-order valence-electron chi connectivity index (χ2n) is 7.74. The molecule has 0 aliphatic carbocycles. The average Bonchev–Trinajstić information content (AvgIpc) is 2.76. The molecular formula is C24H28ClN3O3S. The van der Waals surface area contributed by atoms with Gasteiger partial charge in [-0.25, -0.2) is 4.98 Å². The monoisotopic (exact) mass is 473 g/mol. The highest BCUT2D eigenvalue weighted by Crippen LogP contribution is 2.23. The molecule has 170 valence electrons. The highest BCUT2D eigenvalue weighted by molar-refractivity contribution is 7.99. The molecule has 1 heterocycles. The van der Waals surface area contributed by atoms with Crippen LogP contribution in [-0.2, 0) is 16.1 Å². The summed E-state index contributed by atoms with van der Waals surface area (Å²) in [5, 5.41) is 4.67. The number of fused-ring (bicyclic) bond motifs is 1. The van der Waals surface area contributed by atoms with Crippen LogP contribution in [0, 0.1) is 0 Å². The third kappa shape index (κ3) is 6.34. The summed E-state index contributed by atoms with van der Waals surface area (Å²) >= 11 is 7.49. The zero-order valence-electron chi connectivity index (χ0n) is 18.5. The predicted octanol–water partition coefficient (Wildman–Crippen LogP) is 4.83. The number of thioether (sulfide) groups is 1. The normalized spacial score (nSPS) is 12.3. The summed E-state index contributed by atoms with van der Waals surface area (Å²) < 4.78 is 7.25. The summed E-state index contributed by atoms with van der Waals surface area (Å²) in [4.78, 5) is 30.3. The van der Waals surface area contributed by atoms with E-state index in [4.69, 9.17) is 16.3 Å². The van der Waals surface area contributed by atoms with Crippen molar-refractivity contribution in [3.63, 3.8) is 0 Å². The van der Waals surface area contributed by atoms with Gasteiger partial charge < -0.3 is 10.1 Å². The van der Waals surface area contributed by atoms with E-state index in [1.807, 2.05) is 57.2 Å². The molecule has 32 heavy (non-hydrogen) atoms. The van der Waals surface area contributed by atoms with E-state index < -0.39 is 0 Å². The lowest BCUT2D eigenvalue weighted by atomic mass is 10.1. The van der Waals surface area contributed by atoms with Crippen molar-refractivity contribution < 1.29 is 9.53 Å². The Balaban J connectivity index is 1.73. The van der Waals surface area contributed by atoms with Crippen molar-refractivity contribution in [1.82, 2.24) is 14.9 Å². The number of halogens is 1. The van der Waals surface area contributed by atoms with Crippen molar-refractivity contribution in [2.45, 2.75) is 51.0 Å². The zero-order valence-corrected chi connectivity index (χ0v) is 20.1. The van der Waals surface area contributed by atoms with Crippen LogP contribution in [0.5, 0.6) is 0 Å². The smallest absolute Gasteiger partial charge is 0.262 e. The van der Waals surface area contributed by atoms with Crippen LogP contribution in [0.2, 0.25) is 5.02 Å². The number of ether oxygens (including phenoxy) is 1. The highest BCUT2D eigenvalue weighted by Gasteiger charge is 2.16. The number of para-hydroxylation sites is 1. The van der Waals surface area contributed by atoms with Crippen LogP contribution >= 0.6 is 23.4 Å². The van der Waals surface area contributed by atoms with Crippen molar-refractivity contribution in [1.29, 1.82) is 0 Å². The maximum Gasteiger partial charge on any atom is 0.262 e. The van der Waals surface area contributed by atoms with Gasteiger partial charge in [-0.05, 0) is 51.0 Å². The summed E-state index contributed by atoms with van der Waals surface area (Å²) in [6.07, 6.45) is 0.820. The Morgan fingerprint density at radius 3 is 2.62 bits per heavy atom. The minimum Gasteiger partial charge on any atom is -0.379 e. The van der Waals surface area contributed by atoms with Crippen molar-refractivity contribution in [3.8, 4) is 0 Å². The molecule has 0 aliphatic heterocycles. The van der Waals surface area contributed by atoms with Gasteiger partial charge in [0.25, 0.3) is 5.56 Å². The molecule has 1 atom stereocenters. The Morgan fingerprint density at radius 2 is 1.88 bits per heavy atom. The van der Waals surface area contributed by atoms with Gasteiger partial charge in [0, 0.05) is 18.2 Å². The van der Waals surface area contributed by atoms with Crippen molar-refractivity contribution in [3.05, 3.63) is 69.5 Å². The van der Waals surface area contributed by atoms with Crippen LogP contribution in [0.15, 0.2) is 58.5 Å². The van der Waals surface area contributed by atoms with Crippen LogP contribution in [0.25, 0.3) is 10.9 Å². The number of amides is 1. The first-order chi connectivity index (χ1) is 15.4. The van der Waals surface area contributed by atoms with E-state index in [0.717, 1.165) is 5.56 Å². The number of hydrogen-bond acceptors (Lipinski definition) is 5. The van der Waals surface area contributed by atoms with Crippen LogP contribution < -0.4 is 10.9 Å². The number of aromatic nitrogens is 2. The largest absolute Gasteiger partial charge is 0.379 e. The summed E-state index contributed by atoms with van der Waals surface area (Å²) in [5.74, 6) is -0.0123. The molecule has 1 amide bonds. The molecule has 0 saturated heterocycles. The van der Waals surface area contributed by atoms with Gasteiger partial charge in [-0.15, -0.1) is 0 Å². The van der Waals surface area contributed by atoms with Gasteiger partial charge in [0.1, 0.15) is 0 Å². The molecule has 0 saturated carbocycles. The predicted molar refractivity (Wildman–Crippen MR) is 130 cm³/mol. The summed E-state index contributed by atoms with van der Waals surface area (Å²) in [6.45, 7) is 6.88. The van der Waals surface area contributed by atoms with Crippen molar-refractivity contribution in [2.75, 3.05) is 12.4 Å². The molecular weight excluding hydrogens is 446 g/mol. The number of benzene rings is 2. The first kappa shape index (κ1) is 24.3. The number of hydrogen-bond donors (Lipinski definition) is 1. The maximum absolute atomic E-state index is 13.1. The molecule has 1 aromatic heterocycles. The van der Waals surface area contributed by atoms with E-state index in [0.29, 0.717) is 40.7 Å². The Hall–Kier alpha value is -2.35. The lowest BCUT2D eigenvalue weighted by Crippen LogP contribution is -2.29. The van der Waals surface area contributed by atoms with E-state index in [1.54, 1.807) is 16.7 Å². The van der Waals surface area contributed by atoms with Crippen LogP contribution in [-0.4, -0.2) is 33.9 Å². The topological polar surface area (TPSA) is 73.2 Å². The molecule has 1 unspecified atom stereocenters. The Labute approximate surface area is 197 Å². The quantitative estimate of drug-likeness (QED) is 0.259. The van der Waals surface area contributed by atoms with Gasteiger partial charge in [-0.3, -0.25) is 14.2 Å².